The fourth-order valence-electron chi connectivity index (χ4n) is 1.23. The summed E-state index contributed by atoms with van der Waals surface area (Å²) in [7, 11) is 0. The number of nitrogens with zero attached hydrogens (tertiary/aromatic N) is 1. The molecular formula is C10H11NO3. The molecule has 0 spiro atoms. The van der Waals surface area contributed by atoms with E-state index in [4.69, 9.17) is 0 Å². The first-order valence-corrected chi connectivity index (χ1v) is 4.12. The number of rotatable bonds is 2. The van der Waals surface area contributed by atoms with Gasteiger partial charge in [-0.15, -0.1) is 0 Å². The Hall–Kier alpha value is -1.84. The minimum absolute atomic E-state index is 0.239. The van der Waals surface area contributed by atoms with Gasteiger partial charge in [-0.05, 0) is 42.7 Å². The molecule has 0 amide bonds. The molecule has 0 heterocycles. The van der Waals surface area contributed by atoms with Gasteiger partial charge in [0.15, 0.2) is 0 Å². The van der Waals surface area contributed by atoms with E-state index >= 15 is 0 Å². The Morgan fingerprint density at radius 3 is 2.29 bits per heavy atom. The van der Waals surface area contributed by atoms with Gasteiger partial charge in [0.2, 0.25) is 6.20 Å². The monoisotopic (exact) mass is 193 g/mol. The summed E-state index contributed by atoms with van der Waals surface area (Å²) in [6.07, 6.45) is 2.28. The second-order valence-corrected chi connectivity index (χ2v) is 3.10. The minimum atomic E-state index is -0.516. The number of aromatic hydroxyl groups is 1. The molecule has 0 aliphatic carbocycles. The highest BCUT2D eigenvalue weighted by Gasteiger charge is 2.01. The summed E-state index contributed by atoms with van der Waals surface area (Å²) in [5.41, 5.74) is 2.15. The fourth-order valence-corrected chi connectivity index (χ4v) is 1.23. The van der Waals surface area contributed by atoms with E-state index in [1.165, 1.54) is 6.08 Å². The van der Waals surface area contributed by atoms with E-state index in [1.807, 2.05) is 0 Å². The molecule has 0 unspecified atom stereocenters. The molecule has 14 heavy (non-hydrogen) atoms. The quantitative estimate of drug-likeness (QED) is 0.578. The minimum Gasteiger partial charge on any atom is -0.507 e. The van der Waals surface area contributed by atoms with E-state index in [0.717, 1.165) is 11.8 Å². The highest BCUT2D eigenvalue weighted by Crippen LogP contribution is 2.23. The second-order valence-electron chi connectivity index (χ2n) is 3.10. The lowest BCUT2D eigenvalue weighted by Crippen LogP contribution is -1.85. The van der Waals surface area contributed by atoms with Crippen LogP contribution in [0.3, 0.4) is 0 Å². The molecule has 0 saturated carbocycles. The standard InChI is InChI=1S/C10H11NO3/c1-7-5-9(3-4-11(13)14)6-8(2)10(7)12/h3-6,12H,1-2H3/b4-3-. The predicted molar refractivity (Wildman–Crippen MR) is 53.6 cm³/mol. The summed E-state index contributed by atoms with van der Waals surface area (Å²) < 4.78 is 0. The van der Waals surface area contributed by atoms with Crippen molar-refractivity contribution >= 4 is 6.08 Å². The topological polar surface area (TPSA) is 63.4 Å². The van der Waals surface area contributed by atoms with Gasteiger partial charge in [0.1, 0.15) is 5.75 Å². The lowest BCUT2D eigenvalue weighted by Gasteiger charge is -2.03. The van der Waals surface area contributed by atoms with Crippen LogP contribution in [0, 0.1) is 24.0 Å². The van der Waals surface area contributed by atoms with E-state index in [0.29, 0.717) is 11.1 Å². The van der Waals surface area contributed by atoms with Crippen LogP contribution in [0.25, 0.3) is 6.08 Å². The highest BCUT2D eigenvalue weighted by atomic mass is 16.6. The van der Waals surface area contributed by atoms with Crippen LogP contribution < -0.4 is 0 Å². The van der Waals surface area contributed by atoms with Crippen LogP contribution in [0.4, 0.5) is 0 Å². The smallest absolute Gasteiger partial charge is 0.235 e. The summed E-state index contributed by atoms with van der Waals surface area (Å²) in [4.78, 5) is 9.56. The summed E-state index contributed by atoms with van der Waals surface area (Å²) in [5.74, 6) is 0.239. The Bertz CT molecular complexity index is 373. The fraction of sp³-hybridized carbons (Fsp3) is 0.200. The zero-order valence-corrected chi connectivity index (χ0v) is 8.02. The molecule has 0 fully saturated rings. The van der Waals surface area contributed by atoms with Crippen molar-refractivity contribution in [2.24, 2.45) is 0 Å². The maximum atomic E-state index is 10.1. The van der Waals surface area contributed by atoms with Gasteiger partial charge in [-0.1, -0.05) is 0 Å². The molecule has 1 aromatic rings. The number of benzene rings is 1. The first kappa shape index (κ1) is 10.2. The van der Waals surface area contributed by atoms with Crippen molar-refractivity contribution in [2.45, 2.75) is 13.8 Å². The molecule has 0 atom stereocenters. The summed E-state index contributed by atoms with van der Waals surface area (Å²) in [5, 5.41) is 19.5. The molecule has 4 heteroatoms. The van der Waals surface area contributed by atoms with Gasteiger partial charge >= 0.3 is 0 Å². The molecule has 0 saturated heterocycles. The SMILES string of the molecule is Cc1cc(/C=C\[N+](=O)[O-])cc(C)c1O. The van der Waals surface area contributed by atoms with Crippen LogP contribution in [-0.4, -0.2) is 10.0 Å². The van der Waals surface area contributed by atoms with Crippen LogP contribution in [0.1, 0.15) is 16.7 Å². The van der Waals surface area contributed by atoms with E-state index in [-0.39, 0.29) is 5.75 Å². The Labute approximate surface area is 81.6 Å². The van der Waals surface area contributed by atoms with Gasteiger partial charge in [-0.25, -0.2) is 0 Å². The van der Waals surface area contributed by atoms with E-state index in [1.54, 1.807) is 26.0 Å². The molecule has 4 nitrogen and oxygen atoms in total. The largest absolute Gasteiger partial charge is 0.507 e. The molecule has 0 radical (unpaired) electrons. The van der Waals surface area contributed by atoms with Crippen LogP contribution in [0.15, 0.2) is 18.3 Å². The summed E-state index contributed by atoms with van der Waals surface area (Å²) in [6.45, 7) is 3.51. The van der Waals surface area contributed by atoms with Crippen molar-refractivity contribution in [3.05, 3.63) is 45.1 Å². The second kappa shape index (κ2) is 3.91. The lowest BCUT2D eigenvalue weighted by atomic mass is 10.1. The third-order valence-corrected chi connectivity index (χ3v) is 1.90. The molecule has 0 aromatic heterocycles. The number of hydrogen-bond acceptors (Lipinski definition) is 3. The Balaban J connectivity index is 3.07. The molecule has 1 rings (SSSR count). The molecule has 0 aliphatic rings. The zero-order valence-electron chi connectivity index (χ0n) is 8.02. The van der Waals surface area contributed by atoms with Crippen molar-refractivity contribution in [3.63, 3.8) is 0 Å². The van der Waals surface area contributed by atoms with Gasteiger partial charge in [0.05, 0.1) is 4.92 Å². The summed E-state index contributed by atoms with van der Waals surface area (Å²) >= 11 is 0. The van der Waals surface area contributed by atoms with E-state index in [9.17, 15) is 15.2 Å². The maximum Gasteiger partial charge on any atom is 0.235 e. The van der Waals surface area contributed by atoms with Crippen molar-refractivity contribution in [1.29, 1.82) is 0 Å². The van der Waals surface area contributed by atoms with Gasteiger partial charge in [0.25, 0.3) is 0 Å². The number of phenolic OH excluding ortho intramolecular Hbond substituents is 1. The van der Waals surface area contributed by atoms with Gasteiger partial charge in [-0.2, -0.15) is 0 Å². The molecular weight excluding hydrogens is 182 g/mol. The molecule has 0 aliphatic heterocycles. The Kier molecular flexibility index (Phi) is 2.86. The van der Waals surface area contributed by atoms with Crippen molar-refractivity contribution < 1.29 is 10.0 Å². The Morgan fingerprint density at radius 1 is 1.36 bits per heavy atom. The van der Waals surface area contributed by atoms with Crippen LogP contribution in [-0.2, 0) is 0 Å². The summed E-state index contributed by atoms with van der Waals surface area (Å²) in [6, 6.07) is 3.39. The van der Waals surface area contributed by atoms with Gasteiger partial charge < -0.3 is 5.11 Å². The van der Waals surface area contributed by atoms with E-state index in [2.05, 4.69) is 0 Å². The molecule has 1 N–H and O–H groups in total. The molecule has 0 bridgehead atoms. The van der Waals surface area contributed by atoms with Gasteiger partial charge in [-0.3, -0.25) is 10.1 Å². The van der Waals surface area contributed by atoms with Crippen LogP contribution >= 0.6 is 0 Å². The highest BCUT2D eigenvalue weighted by molar-refractivity contribution is 5.54. The van der Waals surface area contributed by atoms with Gasteiger partial charge in [0, 0.05) is 6.08 Å². The van der Waals surface area contributed by atoms with Crippen LogP contribution in [0.2, 0.25) is 0 Å². The molecule has 74 valence electrons. The maximum absolute atomic E-state index is 10.1. The molecule has 1 aromatic carbocycles. The Morgan fingerprint density at radius 2 is 1.86 bits per heavy atom. The van der Waals surface area contributed by atoms with Crippen LogP contribution in [0.5, 0.6) is 5.75 Å². The number of hydrogen-bond donors (Lipinski definition) is 1. The number of phenols is 1. The normalized spacial score (nSPS) is 10.7. The number of aryl methyl sites for hydroxylation is 2. The lowest BCUT2D eigenvalue weighted by molar-refractivity contribution is -0.400. The average Bonchev–Trinajstić information content (AvgIpc) is 2.10. The van der Waals surface area contributed by atoms with Crippen molar-refractivity contribution in [2.75, 3.05) is 0 Å². The van der Waals surface area contributed by atoms with Crippen molar-refractivity contribution in [3.8, 4) is 5.75 Å². The average molecular weight is 193 g/mol. The third-order valence-electron chi connectivity index (χ3n) is 1.90. The third kappa shape index (κ3) is 2.32. The first-order chi connectivity index (χ1) is 6.50. The first-order valence-electron chi connectivity index (χ1n) is 4.12. The predicted octanol–water partition coefficient (Wildman–Crippen LogP) is 2.26. The number of nitro groups is 1. The van der Waals surface area contributed by atoms with E-state index < -0.39 is 4.92 Å². The zero-order chi connectivity index (χ0) is 10.7. The van der Waals surface area contributed by atoms with Crippen molar-refractivity contribution in [1.82, 2.24) is 0 Å².